The van der Waals surface area contributed by atoms with E-state index in [2.05, 4.69) is 4.98 Å². The highest BCUT2D eigenvalue weighted by Crippen LogP contribution is 2.37. The number of ether oxygens (including phenoxy) is 3. The first-order valence-electron chi connectivity index (χ1n) is 16.1. The third-order valence-corrected chi connectivity index (χ3v) is 10.1. The Morgan fingerprint density at radius 1 is 0.891 bits per heavy atom. The van der Waals surface area contributed by atoms with Crippen molar-refractivity contribution in [1.29, 1.82) is 0 Å². The Hall–Kier alpha value is -2.94. The molecule has 258 valence electrons. The van der Waals surface area contributed by atoms with Gasteiger partial charge >= 0.3 is 20.2 Å². The van der Waals surface area contributed by atoms with Crippen molar-refractivity contribution in [1.82, 2.24) is 4.98 Å². The van der Waals surface area contributed by atoms with Gasteiger partial charge in [-0.05, 0) is 107 Å². The largest absolute Gasteiger partial charge is 0.506 e. The molecule has 2 rings (SSSR count). The van der Waals surface area contributed by atoms with Gasteiger partial charge < -0.3 is 24.2 Å². The summed E-state index contributed by atoms with van der Waals surface area (Å²) in [5.74, 6) is -2.62. The molecule has 11 heteroatoms. The highest BCUT2D eigenvalue weighted by Gasteiger charge is 2.44. The summed E-state index contributed by atoms with van der Waals surface area (Å²) in [6, 6.07) is 5.23. The van der Waals surface area contributed by atoms with E-state index in [0.717, 1.165) is 22.4 Å². The average molecular weight is 664 g/mol. The van der Waals surface area contributed by atoms with Crippen molar-refractivity contribution in [3.63, 3.8) is 0 Å². The molecule has 10 nitrogen and oxygen atoms in total. The number of carbonyl (C=O) groups is 2. The van der Waals surface area contributed by atoms with Crippen LogP contribution in [0.1, 0.15) is 121 Å². The number of esters is 2. The molecule has 1 aromatic heterocycles. The van der Waals surface area contributed by atoms with Crippen LogP contribution in [0.3, 0.4) is 0 Å². The van der Waals surface area contributed by atoms with E-state index in [9.17, 15) is 24.2 Å². The molecule has 0 fully saturated rings. The Labute approximate surface area is 275 Å². The second-order valence-electron chi connectivity index (χ2n) is 13.0. The normalized spacial score (nSPS) is 13.1. The fourth-order valence-electron chi connectivity index (χ4n) is 5.01. The van der Waals surface area contributed by atoms with E-state index in [-0.39, 0.29) is 11.7 Å². The van der Waals surface area contributed by atoms with Gasteiger partial charge in [-0.15, -0.1) is 0 Å². The highest BCUT2D eigenvalue weighted by atomic mass is 31.1. The quantitative estimate of drug-likeness (QED) is 0.0985. The number of aryl methyl sites for hydroxylation is 1. The number of benzene rings is 1. The molecule has 1 aromatic carbocycles. The van der Waals surface area contributed by atoms with Gasteiger partial charge in [-0.1, -0.05) is 41.5 Å². The lowest BCUT2D eigenvalue weighted by Gasteiger charge is -2.35. The van der Waals surface area contributed by atoms with Gasteiger partial charge in [-0.25, -0.2) is 0 Å². The monoisotopic (exact) mass is 663 g/mol. The summed E-state index contributed by atoms with van der Waals surface area (Å²) in [4.78, 5) is 41.1. The summed E-state index contributed by atoms with van der Waals surface area (Å²) in [6.45, 7) is 19.5. The maximum Gasteiger partial charge on any atom is 0.320 e. The Morgan fingerprint density at radius 3 is 1.83 bits per heavy atom. The van der Waals surface area contributed by atoms with E-state index in [4.69, 9.17) is 18.7 Å². The maximum absolute atomic E-state index is 13.2. The molecule has 0 saturated heterocycles. The molecule has 1 unspecified atom stereocenters. The van der Waals surface area contributed by atoms with Crippen LogP contribution in [-0.4, -0.2) is 45.9 Å². The smallest absolute Gasteiger partial charge is 0.320 e. The van der Waals surface area contributed by atoms with Crippen LogP contribution in [0, 0.1) is 31.6 Å². The van der Waals surface area contributed by atoms with Crippen LogP contribution in [0.4, 0.5) is 0 Å². The first-order valence-corrected chi connectivity index (χ1v) is 17.4. The van der Waals surface area contributed by atoms with Crippen LogP contribution >= 0.6 is 8.25 Å². The lowest BCUT2D eigenvalue weighted by molar-refractivity contribution is -0.208. The molecule has 1 atom stereocenters. The molecular formula is C35H54NO9P. The van der Waals surface area contributed by atoms with Crippen molar-refractivity contribution in [3.05, 3.63) is 51.8 Å². The van der Waals surface area contributed by atoms with Crippen molar-refractivity contribution in [2.75, 3.05) is 13.2 Å². The Kier molecular flexibility index (Phi) is 13.9. The molecule has 0 aliphatic carbocycles. The zero-order valence-corrected chi connectivity index (χ0v) is 30.5. The van der Waals surface area contributed by atoms with Gasteiger partial charge in [0.25, 0.3) is 5.79 Å². The molecule has 0 bridgehead atoms. The van der Waals surface area contributed by atoms with Gasteiger partial charge in [-0.3, -0.25) is 23.7 Å². The molecule has 0 aliphatic rings. The number of nitrogens with zero attached hydrogens (tertiary/aromatic N) is 1. The molecule has 0 spiro atoms. The lowest BCUT2D eigenvalue weighted by Crippen LogP contribution is -2.49. The summed E-state index contributed by atoms with van der Waals surface area (Å²) in [5, 5.41) is 10.2. The Bertz CT molecular complexity index is 1360. The number of hydrogen-bond acceptors (Lipinski definition) is 9. The zero-order valence-electron chi connectivity index (χ0n) is 29.5. The van der Waals surface area contributed by atoms with E-state index in [0.29, 0.717) is 49.1 Å². The molecule has 1 heterocycles. The maximum atomic E-state index is 13.2. The van der Waals surface area contributed by atoms with Crippen LogP contribution < -0.4 is 4.74 Å². The fraction of sp³-hybridized carbons (Fsp3) is 0.629. The molecule has 0 saturated carbocycles. The summed E-state index contributed by atoms with van der Waals surface area (Å²) in [5.41, 5.74) is 3.29. The molecule has 46 heavy (non-hydrogen) atoms. The number of aromatic hydroxyl groups is 1. The third kappa shape index (κ3) is 9.33. The van der Waals surface area contributed by atoms with Gasteiger partial charge in [0.1, 0.15) is 11.5 Å². The van der Waals surface area contributed by atoms with Crippen LogP contribution in [0.25, 0.3) is 0 Å². The summed E-state index contributed by atoms with van der Waals surface area (Å²) < 4.78 is 35.5. The standard InChI is InChI=1S/C35H54NO9P/c1-12-33(10,13-2)31(38)42-20-35(45-46(40)41,21-43-32(39)34(11,14-3)15-4)44-29-18-23(7)27(24(8)25(29)9)19-26-16-17-28(37)30(36-26)22(5)6/h16-18,22,37,46H,12-15,19-21H2,1-11H3,(H,40,41). The van der Waals surface area contributed by atoms with E-state index in [1.807, 2.05) is 62.3 Å². The zero-order chi connectivity index (χ0) is 35.0. The Balaban J connectivity index is 2.59. The fourth-order valence-corrected chi connectivity index (χ4v) is 5.49. The second-order valence-corrected chi connectivity index (χ2v) is 13.8. The van der Waals surface area contributed by atoms with Gasteiger partial charge in [0, 0.05) is 12.1 Å². The number of hydrogen-bond donors (Lipinski definition) is 2. The van der Waals surface area contributed by atoms with E-state index in [1.54, 1.807) is 32.0 Å². The molecule has 0 amide bonds. The first-order chi connectivity index (χ1) is 21.4. The lowest BCUT2D eigenvalue weighted by atomic mass is 9.85. The summed E-state index contributed by atoms with van der Waals surface area (Å²) in [7, 11) is -3.68. The molecule has 0 radical (unpaired) electrons. The predicted molar refractivity (Wildman–Crippen MR) is 178 cm³/mol. The minimum absolute atomic E-state index is 0.0509. The first kappa shape index (κ1) is 39.2. The number of pyridine rings is 1. The van der Waals surface area contributed by atoms with E-state index < -0.39 is 50.0 Å². The molecular weight excluding hydrogens is 609 g/mol. The topological polar surface area (TPSA) is 141 Å². The predicted octanol–water partition coefficient (Wildman–Crippen LogP) is 7.64. The minimum Gasteiger partial charge on any atom is -0.506 e. The van der Waals surface area contributed by atoms with Crippen molar-refractivity contribution < 1.29 is 42.9 Å². The van der Waals surface area contributed by atoms with Crippen molar-refractivity contribution in [3.8, 4) is 11.5 Å². The van der Waals surface area contributed by atoms with Gasteiger partial charge in [0.05, 0.1) is 16.5 Å². The number of aromatic nitrogens is 1. The third-order valence-electron chi connectivity index (χ3n) is 9.60. The van der Waals surface area contributed by atoms with E-state index >= 15 is 0 Å². The van der Waals surface area contributed by atoms with Crippen LogP contribution in [-0.2, 0) is 34.6 Å². The Morgan fingerprint density at radius 2 is 1.39 bits per heavy atom. The molecule has 2 N–H and O–H groups in total. The van der Waals surface area contributed by atoms with E-state index in [1.165, 1.54) is 0 Å². The van der Waals surface area contributed by atoms with Gasteiger partial charge in [-0.2, -0.15) is 0 Å². The van der Waals surface area contributed by atoms with Crippen LogP contribution in [0.15, 0.2) is 18.2 Å². The van der Waals surface area contributed by atoms with Crippen molar-refractivity contribution in [2.45, 2.75) is 120 Å². The highest BCUT2D eigenvalue weighted by molar-refractivity contribution is 7.32. The van der Waals surface area contributed by atoms with Crippen LogP contribution in [0.5, 0.6) is 11.5 Å². The summed E-state index contributed by atoms with van der Waals surface area (Å²) >= 11 is 0. The minimum atomic E-state index is -3.68. The van der Waals surface area contributed by atoms with Crippen molar-refractivity contribution in [2.24, 2.45) is 10.8 Å². The molecule has 0 aliphatic heterocycles. The van der Waals surface area contributed by atoms with Gasteiger partial charge in [0.15, 0.2) is 13.2 Å². The van der Waals surface area contributed by atoms with Crippen molar-refractivity contribution >= 4 is 20.2 Å². The molecule has 2 aromatic rings. The van der Waals surface area contributed by atoms with Gasteiger partial charge in [0.2, 0.25) is 0 Å². The second kappa shape index (κ2) is 16.2. The summed E-state index contributed by atoms with van der Waals surface area (Å²) in [6.07, 6.45) is 2.56. The average Bonchev–Trinajstić information content (AvgIpc) is 3.02. The SMILES string of the molecule is CCC(C)(CC)C(=O)OCC(COC(=O)C(C)(CC)CC)(Oc1cc(C)c(Cc2ccc(O)c(C(C)C)n2)c(C)c1C)O[PH](=O)O. The number of carbonyl (C=O) groups excluding carboxylic acids is 2. The number of rotatable bonds is 17. The van der Waals surface area contributed by atoms with Crippen LogP contribution in [0.2, 0.25) is 0 Å².